The topological polar surface area (TPSA) is 72.5 Å². The van der Waals surface area contributed by atoms with Crippen molar-refractivity contribution in [2.45, 2.75) is 27.7 Å². The first-order valence-corrected chi connectivity index (χ1v) is 11.6. The van der Waals surface area contributed by atoms with Gasteiger partial charge < -0.3 is 19.3 Å². The van der Waals surface area contributed by atoms with Crippen molar-refractivity contribution in [1.29, 1.82) is 10.5 Å². The Balaban J connectivity index is 2.01. The van der Waals surface area contributed by atoms with Gasteiger partial charge in [-0.1, -0.05) is 12.1 Å². The van der Waals surface area contributed by atoms with Crippen molar-refractivity contribution in [3.8, 4) is 35.1 Å². The molecule has 0 spiro atoms. The Hall–Kier alpha value is -4.16. The van der Waals surface area contributed by atoms with E-state index in [9.17, 15) is 10.5 Å². The van der Waals surface area contributed by atoms with Gasteiger partial charge in [-0.3, -0.25) is 0 Å². The van der Waals surface area contributed by atoms with E-state index in [1.54, 1.807) is 12.1 Å². The van der Waals surface area contributed by atoms with Gasteiger partial charge in [0.05, 0.1) is 11.1 Å². The molecule has 0 aromatic heterocycles. The summed E-state index contributed by atoms with van der Waals surface area (Å²) < 4.78 is 12.4. The van der Waals surface area contributed by atoms with Crippen LogP contribution in [0.1, 0.15) is 38.8 Å². The van der Waals surface area contributed by atoms with E-state index in [0.29, 0.717) is 23.0 Å². The third-order valence-electron chi connectivity index (χ3n) is 5.67. The second-order valence-electron chi connectivity index (χ2n) is 7.61. The Morgan fingerprint density at radius 3 is 1.32 bits per heavy atom. The number of nitrogens with zero attached hydrogens (tertiary/aromatic N) is 4. The molecule has 0 unspecified atom stereocenters. The van der Waals surface area contributed by atoms with Crippen LogP contribution in [-0.4, -0.2) is 26.2 Å². The van der Waals surface area contributed by atoms with Crippen molar-refractivity contribution < 1.29 is 9.47 Å². The molecule has 0 heterocycles. The van der Waals surface area contributed by atoms with Gasteiger partial charge in [-0.25, -0.2) is 0 Å². The van der Waals surface area contributed by atoms with Gasteiger partial charge in [0.1, 0.15) is 23.6 Å². The monoisotopic (exact) mass is 454 g/mol. The third-order valence-corrected chi connectivity index (χ3v) is 5.67. The molecule has 0 saturated carbocycles. The fraction of sp³-hybridized carbons (Fsp3) is 0.286. The van der Waals surface area contributed by atoms with Gasteiger partial charge in [0.15, 0.2) is 11.5 Å². The van der Waals surface area contributed by atoms with Gasteiger partial charge in [-0.15, -0.1) is 0 Å². The van der Waals surface area contributed by atoms with Crippen LogP contribution in [0.5, 0.6) is 23.0 Å². The van der Waals surface area contributed by atoms with Crippen molar-refractivity contribution in [2.75, 3.05) is 36.0 Å². The quantitative estimate of drug-likeness (QED) is 0.339. The molecule has 0 fully saturated rings. The highest BCUT2D eigenvalue weighted by atomic mass is 16.5. The summed E-state index contributed by atoms with van der Waals surface area (Å²) in [6.07, 6.45) is 0. The molecule has 0 N–H and O–H groups in total. The summed E-state index contributed by atoms with van der Waals surface area (Å²) in [5, 5.41) is 19.1. The fourth-order valence-corrected chi connectivity index (χ4v) is 3.82. The molecule has 3 aromatic carbocycles. The Morgan fingerprint density at radius 2 is 1.00 bits per heavy atom. The molecule has 0 bridgehead atoms. The second-order valence-corrected chi connectivity index (χ2v) is 7.61. The summed E-state index contributed by atoms with van der Waals surface area (Å²) in [5.41, 5.74) is 2.57. The zero-order valence-electron chi connectivity index (χ0n) is 20.2. The molecule has 174 valence electrons. The Bertz CT molecular complexity index is 1110. The molecule has 0 radical (unpaired) electrons. The van der Waals surface area contributed by atoms with Crippen LogP contribution in [0.4, 0.5) is 11.4 Å². The van der Waals surface area contributed by atoms with E-state index in [1.807, 2.05) is 48.5 Å². The minimum Gasteiger partial charge on any atom is -0.453 e. The van der Waals surface area contributed by atoms with Crippen LogP contribution in [-0.2, 0) is 0 Å². The lowest BCUT2D eigenvalue weighted by molar-refractivity contribution is 0.418. The summed E-state index contributed by atoms with van der Waals surface area (Å²) in [5.74, 6) is 2.00. The summed E-state index contributed by atoms with van der Waals surface area (Å²) >= 11 is 0. The Kier molecular flexibility index (Phi) is 8.37. The first-order chi connectivity index (χ1) is 16.6. The molecule has 0 aliphatic rings. The number of anilines is 2. The van der Waals surface area contributed by atoms with Crippen molar-refractivity contribution in [3.63, 3.8) is 0 Å². The molecule has 0 aliphatic heterocycles. The predicted octanol–water partition coefficient (Wildman–Crippen LogP) is 6.71. The maximum absolute atomic E-state index is 9.54. The van der Waals surface area contributed by atoms with Gasteiger partial charge in [0.2, 0.25) is 0 Å². The number of rotatable bonds is 10. The second kappa shape index (κ2) is 11.6. The van der Waals surface area contributed by atoms with Crippen LogP contribution >= 0.6 is 0 Å². The third kappa shape index (κ3) is 5.60. The highest BCUT2D eigenvalue weighted by molar-refractivity contribution is 5.60. The lowest BCUT2D eigenvalue weighted by Gasteiger charge is -2.22. The van der Waals surface area contributed by atoms with Crippen LogP contribution in [0.15, 0.2) is 60.7 Å². The number of hydrogen-bond acceptors (Lipinski definition) is 6. The zero-order chi connectivity index (χ0) is 24.5. The number of ether oxygens (including phenoxy) is 2. The van der Waals surface area contributed by atoms with Gasteiger partial charge in [-0.2, -0.15) is 10.5 Å². The summed E-state index contributed by atoms with van der Waals surface area (Å²) in [7, 11) is 0. The highest BCUT2D eigenvalue weighted by Gasteiger charge is 2.15. The van der Waals surface area contributed by atoms with Crippen LogP contribution in [0.2, 0.25) is 0 Å². The first-order valence-electron chi connectivity index (χ1n) is 11.6. The minimum atomic E-state index is 0.238. The van der Waals surface area contributed by atoms with E-state index < -0.39 is 0 Å². The van der Waals surface area contributed by atoms with Crippen LogP contribution < -0.4 is 19.3 Å². The van der Waals surface area contributed by atoms with Gasteiger partial charge in [0.25, 0.3) is 0 Å². The molecule has 0 amide bonds. The standard InChI is InChI=1S/C28H30N4O2/c1-5-31(6-2)23-11-9-13-25(17-23)33-27-15-21(19-29)22(20-30)16-28(27)34-26-14-10-12-24(18-26)32(7-3)8-4/h9-18H,5-8H2,1-4H3. The average Bonchev–Trinajstić information content (AvgIpc) is 2.87. The van der Waals surface area contributed by atoms with E-state index in [-0.39, 0.29) is 11.1 Å². The number of benzene rings is 3. The average molecular weight is 455 g/mol. The normalized spacial score (nSPS) is 10.2. The summed E-state index contributed by atoms with van der Waals surface area (Å²) in [6, 6.07) is 22.9. The Morgan fingerprint density at radius 1 is 0.618 bits per heavy atom. The van der Waals surface area contributed by atoms with Crippen LogP contribution in [0.25, 0.3) is 0 Å². The Labute approximate surface area is 202 Å². The fourth-order valence-electron chi connectivity index (χ4n) is 3.82. The molecule has 3 rings (SSSR count). The smallest absolute Gasteiger partial charge is 0.171 e. The molecule has 0 atom stereocenters. The van der Waals surface area contributed by atoms with Crippen molar-refractivity contribution in [3.05, 3.63) is 71.8 Å². The van der Waals surface area contributed by atoms with E-state index in [2.05, 4.69) is 49.6 Å². The zero-order valence-corrected chi connectivity index (χ0v) is 20.2. The largest absolute Gasteiger partial charge is 0.453 e. The molecule has 0 saturated heterocycles. The molecule has 6 nitrogen and oxygen atoms in total. The SMILES string of the molecule is CCN(CC)c1cccc(Oc2cc(C#N)c(C#N)cc2Oc2cccc(N(CC)CC)c2)c1. The molecule has 3 aromatic rings. The van der Waals surface area contributed by atoms with Crippen molar-refractivity contribution in [2.24, 2.45) is 0 Å². The lowest BCUT2D eigenvalue weighted by Crippen LogP contribution is -2.21. The molecule has 34 heavy (non-hydrogen) atoms. The van der Waals surface area contributed by atoms with Crippen LogP contribution in [0.3, 0.4) is 0 Å². The maximum atomic E-state index is 9.54. The van der Waals surface area contributed by atoms with Crippen molar-refractivity contribution in [1.82, 2.24) is 0 Å². The van der Waals surface area contributed by atoms with Gasteiger partial charge >= 0.3 is 0 Å². The maximum Gasteiger partial charge on any atom is 0.171 e. The lowest BCUT2D eigenvalue weighted by atomic mass is 10.1. The van der Waals surface area contributed by atoms with Gasteiger partial charge in [0, 0.05) is 61.8 Å². The predicted molar refractivity (Wildman–Crippen MR) is 136 cm³/mol. The molecule has 0 aliphatic carbocycles. The van der Waals surface area contributed by atoms with E-state index in [4.69, 9.17) is 9.47 Å². The number of hydrogen-bond donors (Lipinski definition) is 0. The first kappa shape index (κ1) is 24.5. The minimum absolute atomic E-state index is 0.238. The van der Waals surface area contributed by atoms with Crippen molar-refractivity contribution >= 4 is 11.4 Å². The summed E-state index contributed by atoms with van der Waals surface area (Å²) in [6.45, 7) is 12.0. The summed E-state index contributed by atoms with van der Waals surface area (Å²) in [4.78, 5) is 4.45. The van der Waals surface area contributed by atoms with Gasteiger partial charge in [-0.05, 0) is 52.0 Å². The van der Waals surface area contributed by atoms with Crippen LogP contribution in [0, 0.1) is 22.7 Å². The molecular weight excluding hydrogens is 424 g/mol. The van der Waals surface area contributed by atoms with E-state index in [0.717, 1.165) is 37.6 Å². The molecular formula is C28H30N4O2. The molecule has 6 heteroatoms. The van der Waals surface area contributed by atoms with E-state index in [1.165, 1.54) is 0 Å². The number of nitriles is 2. The van der Waals surface area contributed by atoms with E-state index >= 15 is 0 Å². The highest BCUT2D eigenvalue weighted by Crippen LogP contribution is 2.38.